The predicted molar refractivity (Wildman–Crippen MR) is 200 cm³/mol. The highest BCUT2D eigenvalue weighted by atomic mass is 32.2. The molecule has 0 fully saturated rings. The van der Waals surface area contributed by atoms with Gasteiger partial charge in [-0.15, -0.1) is 0 Å². The van der Waals surface area contributed by atoms with Crippen LogP contribution in [0, 0.1) is 10.8 Å². The SMILES string of the molecule is CCCCCCCCCCSC(=O)C(C)(C)CCCCCC(O)CCCCCC(C)(C)C(=O)SCCCCCCCCCC. The van der Waals surface area contributed by atoms with Gasteiger partial charge in [-0.2, -0.15) is 0 Å². The van der Waals surface area contributed by atoms with Gasteiger partial charge in [0.25, 0.3) is 0 Å². The fourth-order valence-corrected chi connectivity index (χ4v) is 7.84. The molecule has 0 atom stereocenters. The van der Waals surface area contributed by atoms with E-state index in [-0.39, 0.29) is 16.9 Å². The van der Waals surface area contributed by atoms with Crippen LogP contribution in [0.2, 0.25) is 0 Å². The number of carbonyl (C=O) groups is 2. The molecule has 0 aromatic rings. The van der Waals surface area contributed by atoms with Crippen LogP contribution in [0.3, 0.4) is 0 Å². The summed E-state index contributed by atoms with van der Waals surface area (Å²) in [4.78, 5) is 25.5. The maximum atomic E-state index is 12.7. The van der Waals surface area contributed by atoms with Crippen molar-refractivity contribution in [1.29, 1.82) is 0 Å². The van der Waals surface area contributed by atoms with Gasteiger partial charge in [-0.3, -0.25) is 9.59 Å². The highest BCUT2D eigenvalue weighted by Crippen LogP contribution is 2.32. The Hall–Kier alpha value is -0.000000000000000111. The third kappa shape index (κ3) is 26.1. The van der Waals surface area contributed by atoms with Crippen LogP contribution in [-0.4, -0.2) is 32.9 Å². The lowest BCUT2D eigenvalue weighted by Crippen LogP contribution is -2.21. The average molecular weight is 657 g/mol. The van der Waals surface area contributed by atoms with Crippen LogP contribution in [0.4, 0.5) is 0 Å². The Morgan fingerprint density at radius 1 is 0.477 bits per heavy atom. The molecule has 0 rings (SSSR count). The monoisotopic (exact) mass is 657 g/mol. The summed E-state index contributed by atoms with van der Waals surface area (Å²) in [5.74, 6) is 1.94. The van der Waals surface area contributed by atoms with E-state index in [1.807, 2.05) is 0 Å². The molecule has 0 aliphatic carbocycles. The molecule has 0 spiro atoms. The molecule has 0 bridgehead atoms. The van der Waals surface area contributed by atoms with Gasteiger partial charge < -0.3 is 5.11 Å². The summed E-state index contributed by atoms with van der Waals surface area (Å²) in [6.07, 6.45) is 30.7. The van der Waals surface area contributed by atoms with E-state index >= 15 is 0 Å². The fraction of sp³-hybridized carbons (Fsp3) is 0.949. The first kappa shape index (κ1) is 44.0. The standard InChI is InChI=1S/C39H76O3S2/c1-7-9-11-13-15-17-19-27-33-43-36(41)38(3,4)31-25-21-23-29-35(40)30-24-22-26-32-39(5,6)37(42)44-34-28-20-18-16-14-12-10-8-2/h35,40H,7-34H2,1-6H3. The number of rotatable bonds is 32. The van der Waals surface area contributed by atoms with Crippen molar-refractivity contribution in [2.75, 3.05) is 11.5 Å². The zero-order valence-corrected chi connectivity index (χ0v) is 32.1. The van der Waals surface area contributed by atoms with E-state index in [1.54, 1.807) is 23.5 Å². The molecule has 262 valence electrons. The molecule has 0 heterocycles. The Bertz CT molecular complexity index is 620. The maximum Gasteiger partial charge on any atom is 0.194 e. The van der Waals surface area contributed by atoms with E-state index < -0.39 is 0 Å². The number of hydrogen-bond donors (Lipinski definition) is 1. The lowest BCUT2D eigenvalue weighted by Gasteiger charge is -2.22. The van der Waals surface area contributed by atoms with Crippen molar-refractivity contribution < 1.29 is 14.7 Å². The molecule has 0 radical (unpaired) electrons. The van der Waals surface area contributed by atoms with Crippen molar-refractivity contribution in [2.24, 2.45) is 10.8 Å². The largest absolute Gasteiger partial charge is 0.393 e. The lowest BCUT2D eigenvalue weighted by molar-refractivity contribution is -0.119. The van der Waals surface area contributed by atoms with E-state index in [2.05, 4.69) is 41.5 Å². The zero-order chi connectivity index (χ0) is 32.9. The summed E-state index contributed by atoms with van der Waals surface area (Å²) < 4.78 is 0. The highest BCUT2D eigenvalue weighted by Gasteiger charge is 2.28. The van der Waals surface area contributed by atoms with Gasteiger partial charge in [0.05, 0.1) is 6.10 Å². The van der Waals surface area contributed by atoms with Crippen molar-refractivity contribution in [2.45, 2.75) is 215 Å². The summed E-state index contributed by atoms with van der Waals surface area (Å²) in [5.41, 5.74) is -0.491. The molecule has 1 N–H and O–H groups in total. The molecule has 5 heteroatoms. The maximum absolute atomic E-state index is 12.7. The van der Waals surface area contributed by atoms with Gasteiger partial charge in [0.2, 0.25) is 0 Å². The lowest BCUT2D eigenvalue weighted by atomic mass is 9.87. The van der Waals surface area contributed by atoms with Crippen molar-refractivity contribution in [3.8, 4) is 0 Å². The molecule has 44 heavy (non-hydrogen) atoms. The van der Waals surface area contributed by atoms with E-state index in [0.29, 0.717) is 10.2 Å². The second kappa shape index (κ2) is 29.2. The van der Waals surface area contributed by atoms with Crippen molar-refractivity contribution >= 4 is 33.8 Å². The highest BCUT2D eigenvalue weighted by molar-refractivity contribution is 8.14. The van der Waals surface area contributed by atoms with Crippen molar-refractivity contribution in [3.05, 3.63) is 0 Å². The summed E-state index contributed by atoms with van der Waals surface area (Å²) in [6, 6.07) is 0. The van der Waals surface area contributed by atoms with Crippen LogP contribution in [0.15, 0.2) is 0 Å². The first-order valence-corrected chi connectivity index (χ1v) is 21.1. The Balaban J connectivity index is 3.78. The molecule has 0 saturated heterocycles. The van der Waals surface area contributed by atoms with Gasteiger partial charge in [0, 0.05) is 22.3 Å². The molecular weight excluding hydrogens is 581 g/mol. The second-order valence-corrected chi connectivity index (χ2v) is 17.0. The normalized spacial score (nSPS) is 12.4. The Morgan fingerprint density at radius 2 is 0.773 bits per heavy atom. The van der Waals surface area contributed by atoms with Crippen LogP contribution in [0.25, 0.3) is 0 Å². The number of carbonyl (C=O) groups excluding carboxylic acids is 2. The molecule has 0 saturated carbocycles. The Kier molecular flexibility index (Phi) is 29.2. The van der Waals surface area contributed by atoms with Gasteiger partial charge >= 0.3 is 0 Å². The number of aliphatic hydroxyl groups excluding tert-OH is 1. The summed E-state index contributed by atoms with van der Waals surface area (Å²) in [5, 5.41) is 11.2. The Morgan fingerprint density at radius 3 is 1.11 bits per heavy atom. The Labute approximate surface area is 284 Å². The summed E-state index contributed by atoms with van der Waals surface area (Å²) in [6.45, 7) is 12.9. The summed E-state index contributed by atoms with van der Waals surface area (Å²) >= 11 is 3.10. The number of unbranched alkanes of at least 4 members (excludes halogenated alkanes) is 18. The quantitative estimate of drug-likeness (QED) is 0.0730. The molecule has 0 aromatic carbocycles. The smallest absolute Gasteiger partial charge is 0.194 e. The van der Waals surface area contributed by atoms with Crippen LogP contribution >= 0.6 is 23.5 Å². The van der Waals surface area contributed by atoms with Crippen LogP contribution in [-0.2, 0) is 9.59 Å². The molecule has 0 aliphatic heterocycles. The van der Waals surface area contributed by atoms with Gasteiger partial charge in [-0.25, -0.2) is 0 Å². The van der Waals surface area contributed by atoms with E-state index in [9.17, 15) is 14.7 Å². The van der Waals surface area contributed by atoms with E-state index in [0.717, 1.165) is 88.6 Å². The predicted octanol–water partition coefficient (Wildman–Crippen LogP) is 13.1. The molecule has 0 unspecified atom stereocenters. The second-order valence-electron chi connectivity index (χ2n) is 14.8. The van der Waals surface area contributed by atoms with Gasteiger partial charge in [0.1, 0.15) is 0 Å². The van der Waals surface area contributed by atoms with Gasteiger partial charge in [0.15, 0.2) is 10.2 Å². The molecule has 0 aliphatic rings. The first-order chi connectivity index (χ1) is 21.1. The number of hydrogen-bond acceptors (Lipinski definition) is 5. The number of aliphatic hydroxyl groups is 1. The zero-order valence-electron chi connectivity index (χ0n) is 30.5. The minimum atomic E-state index is -0.245. The molecule has 0 aromatic heterocycles. The minimum Gasteiger partial charge on any atom is -0.393 e. The summed E-state index contributed by atoms with van der Waals surface area (Å²) in [7, 11) is 0. The molecular formula is C39H76O3S2. The third-order valence-electron chi connectivity index (χ3n) is 9.25. The van der Waals surface area contributed by atoms with Crippen LogP contribution in [0.1, 0.15) is 208 Å². The average Bonchev–Trinajstić information content (AvgIpc) is 2.98. The van der Waals surface area contributed by atoms with Gasteiger partial charge in [-0.1, -0.05) is 193 Å². The fourth-order valence-electron chi connectivity index (χ4n) is 5.79. The van der Waals surface area contributed by atoms with Gasteiger partial charge in [-0.05, 0) is 38.5 Å². The van der Waals surface area contributed by atoms with E-state index in [1.165, 1.54) is 89.9 Å². The van der Waals surface area contributed by atoms with E-state index in [4.69, 9.17) is 0 Å². The first-order valence-electron chi connectivity index (χ1n) is 19.1. The topological polar surface area (TPSA) is 54.4 Å². The van der Waals surface area contributed by atoms with Crippen LogP contribution in [0.5, 0.6) is 0 Å². The van der Waals surface area contributed by atoms with Crippen molar-refractivity contribution in [3.63, 3.8) is 0 Å². The van der Waals surface area contributed by atoms with Crippen molar-refractivity contribution in [1.82, 2.24) is 0 Å². The van der Waals surface area contributed by atoms with Crippen LogP contribution < -0.4 is 0 Å². The molecule has 0 amide bonds. The molecule has 3 nitrogen and oxygen atoms in total. The third-order valence-corrected chi connectivity index (χ3v) is 11.9. The minimum absolute atomic E-state index is 0.219. The number of thioether (sulfide) groups is 2.